The van der Waals surface area contributed by atoms with E-state index in [0.29, 0.717) is 18.6 Å². The van der Waals surface area contributed by atoms with Crippen molar-refractivity contribution in [1.82, 2.24) is 4.90 Å². The Balaban J connectivity index is 1.15. The number of aliphatic hydroxyl groups is 1. The molecule has 0 aromatic heterocycles. The van der Waals surface area contributed by atoms with Crippen molar-refractivity contribution in [3.05, 3.63) is 29.8 Å². The molecule has 0 spiro atoms. The summed E-state index contributed by atoms with van der Waals surface area (Å²) >= 11 is 0. The monoisotopic (exact) mass is 399 g/mol. The molecule has 1 heterocycles. The predicted octanol–water partition coefficient (Wildman–Crippen LogP) is 4.00. The molecule has 0 radical (unpaired) electrons. The highest BCUT2D eigenvalue weighted by atomic mass is 16.5. The van der Waals surface area contributed by atoms with Crippen molar-refractivity contribution in [3.63, 3.8) is 0 Å². The van der Waals surface area contributed by atoms with Crippen molar-refractivity contribution in [2.24, 2.45) is 17.8 Å². The van der Waals surface area contributed by atoms with E-state index in [0.717, 1.165) is 36.6 Å². The van der Waals surface area contributed by atoms with Crippen LogP contribution >= 0.6 is 0 Å². The highest BCUT2D eigenvalue weighted by molar-refractivity contribution is 5.34. The van der Waals surface area contributed by atoms with Crippen LogP contribution in [-0.2, 0) is 10.2 Å². The van der Waals surface area contributed by atoms with Gasteiger partial charge in [0.1, 0.15) is 18.5 Å². The average molecular weight is 400 g/mol. The normalized spacial score (nSPS) is 40.2. The lowest BCUT2D eigenvalue weighted by atomic mass is 9.48. The SMILES string of the molecule is C[C@H]1CN(C[C@H](O)COc2ccc(C34CC5CC(CC(C5)C3)C4)cc2)C[C@H](C)O1. The Bertz CT molecular complexity index is 657. The maximum absolute atomic E-state index is 10.4. The van der Waals surface area contributed by atoms with Gasteiger partial charge in [-0.15, -0.1) is 0 Å². The Labute approximate surface area is 175 Å². The van der Waals surface area contributed by atoms with Crippen LogP contribution in [0, 0.1) is 17.8 Å². The quantitative estimate of drug-likeness (QED) is 0.785. The van der Waals surface area contributed by atoms with E-state index in [1.165, 1.54) is 44.1 Å². The summed E-state index contributed by atoms with van der Waals surface area (Å²) in [4.78, 5) is 2.28. The minimum Gasteiger partial charge on any atom is -0.491 e. The van der Waals surface area contributed by atoms with E-state index in [1.807, 2.05) is 0 Å². The molecule has 0 amide bonds. The zero-order valence-electron chi connectivity index (χ0n) is 18.1. The number of β-amino-alcohol motifs (C(OH)–C–C–N with tert-alkyl or cyclic N) is 1. The zero-order chi connectivity index (χ0) is 20.0. The molecule has 6 rings (SSSR count). The van der Waals surface area contributed by atoms with Gasteiger partial charge in [-0.1, -0.05) is 12.1 Å². The van der Waals surface area contributed by atoms with Crippen LogP contribution in [0.2, 0.25) is 0 Å². The number of rotatable bonds is 6. The van der Waals surface area contributed by atoms with Crippen LogP contribution in [0.1, 0.15) is 57.9 Å². The van der Waals surface area contributed by atoms with E-state index in [4.69, 9.17) is 9.47 Å². The second kappa shape index (κ2) is 7.86. The molecule has 4 heteroatoms. The summed E-state index contributed by atoms with van der Waals surface area (Å²) in [6, 6.07) is 8.86. The minimum absolute atomic E-state index is 0.226. The molecule has 4 nitrogen and oxygen atoms in total. The number of benzene rings is 1. The predicted molar refractivity (Wildman–Crippen MR) is 114 cm³/mol. The van der Waals surface area contributed by atoms with E-state index in [-0.39, 0.29) is 12.2 Å². The van der Waals surface area contributed by atoms with Crippen molar-refractivity contribution < 1.29 is 14.6 Å². The van der Waals surface area contributed by atoms with Gasteiger partial charge in [0.15, 0.2) is 0 Å². The van der Waals surface area contributed by atoms with Crippen LogP contribution in [0.25, 0.3) is 0 Å². The molecular formula is C25H37NO3. The first kappa shape index (κ1) is 19.8. The molecule has 5 fully saturated rings. The number of aliphatic hydroxyl groups excluding tert-OH is 1. The third-order valence-corrected chi connectivity index (χ3v) is 7.91. The summed E-state index contributed by atoms with van der Waals surface area (Å²) in [7, 11) is 0. The number of nitrogens with zero attached hydrogens (tertiary/aromatic N) is 1. The first-order valence-corrected chi connectivity index (χ1v) is 11.8. The fraction of sp³-hybridized carbons (Fsp3) is 0.760. The molecule has 5 aliphatic rings. The van der Waals surface area contributed by atoms with Crippen molar-refractivity contribution in [2.75, 3.05) is 26.2 Å². The van der Waals surface area contributed by atoms with Gasteiger partial charge in [0.2, 0.25) is 0 Å². The summed E-state index contributed by atoms with van der Waals surface area (Å²) < 4.78 is 11.7. The molecule has 1 aromatic carbocycles. The molecule has 0 unspecified atom stereocenters. The van der Waals surface area contributed by atoms with Gasteiger partial charge >= 0.3 is 0 Å². The molecule has 4 saturated carbocycles. The highest BCUT2D eigenvalue weighted by Gasteiger charge is 2.51. The lowest BCUT2D eigenvalue weighted by molar-refractivity contribution is -0.0786. The Hall–Kier alpha value is -1.10. The summed E-state index contributed by atoms with van der Waals surface area (Å²) in [6.45, 7) is 6.93. The van der Waals surface area contributed by atoms with Crippen LogP contribution in [0.15, 0.2) is 24.3 Å². The summed E-state index contributed by atoms with van der Waals surface area (Å²) in [5.74, 6) is 3.79. The van der Waals surface area contributed by atoms with Crippen LogP contribution in [0.4, 0.5) is 0 Å². The highest BCUT2D eigenvalue weighted by Crippen LogP contribution is 2.60. The number of hydrogen-bond donors (Lipinski definition) is 1. The third-order valence-electron chi connectivity index (χ3n) is 7.91. The number of hydrogen-bond acceptors (Lipinski definition) is 4. The Kier molecular flexibility index (Phi) is 5.38. The van der Waals surface area contributed by atoms with E-state index in [2.05, 4.69) is 43.0 Å². The zero-order valence-corrected chi connectivity index (χ0v) is 18.1. The first-order valence-electron chi connectivity index (χ1n) is 11.8. The molecule has 4 bridgehead atoms. The van der Waals surface area contributed by atoms with E-state index in [1.54, 1.807) is 0 Å². The van der Waals surface area contributed by atoms with Crippen LogP contribution in [0.3, 0.4) is 0 Å². The Morgan fingerprint density at radius 2 is 1.55 bits per heavy atom. The van der Waals surface area contributed by atoms with Gasteiger partial charge in [0.25, 0.3) is 0 Å². The standard InChI is InChI=1S/C25H37NO3/c1-17-13-26(14-18(2)29-17)15-23(27)16-28-24-5-3-22(4-6-24)25-10-19-7-20(11-25)9-21(8-19)12-25/h3-6,17-21,23,27H,7-16H2,1-2H3/t17-,18-,19?,20?,21?,23-,25?/m0/s1. The fourth-order valence-corrected chi connectivity index (χ4v) is 7.35. The van der Waals surface area contributed by atoms with Gasteiger partial charge in [-0.05, 0) is 93.2 Å². The van der Waals surface area contributed by atoms with Crippen molar-refractivity contribution in [2.45, 2.75) is 76.1 Å². The van der Waals surface area contributed by atoms with Crippen molar-refractivity contribution in [3.8, 4) is 5.75 Å². The molecule has 1 aromatic rings. The van der Waals surface area contributed by atoms with Gasteiger partial charge in [-0.2, -0.15) is 0 Å². The first-order chi connectivity index (χ1) is 14.0. The summed E-state index contributed by atoms with van der Waals surface area (Å²) in [6.07, 6.45) is 8.62. The molecule has 4 aliphatic carbocycles. The average Bonchev–Trinajstić information content (AvgIpc) is 2.65. The van der Waals surface area contributed by atoms with E-state index < -0.39 is 6.10 Å². The van der Waals surface area contributed by atoms with Gasteiger partial charge in [-0.3, -0.25) is 4.90 Å². The summed E-state index contributed by atoms with van der Waals surface area (Å²) in [5, 5.41) is 10.4. The molecule has 1 saturated heterocycles. The smallest absolute Gasteiger partial charge is 0.119 e. The maximum atomic E-state index is 10.4. The lowest BCUT2D eigenvalue weighted by Gasteiger charge is -2.57. The number of morpholine rings is 1. The second-order valence-electron chi connectivity index (χ2n) is 10.7. The minimum atomic E-state index is -0.477. The molecule has 160 valence electrons. The molecule has 1 aliphatic heterocycles. The van der Waals surface area contributed by atoms with Crippen molar-refractivity contribution >= 4 is 0 Å². The Morgan fingerprint density at radius 3 is 2.10 bits per heavy atom. The van der Waals surface area contributed by atoms with Gasteiger partial charge in [0.05, 0.1) is 12.2 Å². The Morgan fingerprint density at radius 1 is 1.00 bits per heavy atom. The maximum Gasteiger partial charge on any atom is 0.119 e. The molecule has 1 N–H and O–H groups in total. The van der Waals surface area contributed by atoms with E-state index in [9.17, 15) is 5.11 Å². The lowest BCUT2D eigenvalue weighted by Crippen LogP contribution is -2.48. The van der Waals surface area contributed by atoms with Gasteiger partial charge < -0.3 is 14.6 Å². The number of ether oxygens (including phenoxy) is 2. The summed E-state index contributed by atoms with van der Waals surface area (Å²) in [5.41, 5.74) is 1.97. The van der Waals surface area contributed by atoms with Gasteiger partial charge in [0, 0.05) is 19.6 Å². The fourth-order valence-electron chi connectivity index (χ4n) is 7.35. The van der Waals surface area contributed by atoms with E-state index >= 15 is 0 Å². The third kappa shape index (κ3) is 4.22. The van der Waals surface area contributed by atoms with Gasteiger partial charge in [-0.25, -0.2) is 0 Å². The van der Waals surface area contributed by atoms with Crippen LogP contribution in [0.5, 0.6) is 5.75 Å². The largest absolute Gasteiger partial charge is 0.491 e. The van der Waals surface area contributed by atoms with Crippen LogP contribution < -0.4 is 4.74 Å². The second-order valence-corrected chi connectivity index (χ2v) is 10.7. The van der Waals surface area contributed by atoms with Crippen LogP contribution in [-0.4, -0.2) is 54.6 Å². The molecule has 29 heavy (non-hydrogen) atoms. The van der Waals surface area contributed by atoms with Crippen molar-refractivity contribution in [1.29, 1.82) is 0 Å². The topological polar surface area (TPSA) is 41.9 Å². The molecule has 3 atom stereocenters. The molecular weight excluding hydrogens is 362 g/mol.